The van der Waals surface area contributed by atoms with E-state index in [1.54, 1.807) is 11.1 Å². The Morgan fingerprint density at radius 2 is 1.67 bits per heavy atom. The highest BCUT2D eigenvalue weighted by molar-refractivity contribution is 5.66. The molecule has 2 aliphatic rings. The largest absolute Gasteiger partial charge is 0.0804 e. The molecule has 1 unspecified atom stereocenters. The lowest BCUT2D eigenvalue weighted by atomic mass is 9.79. The minimum absolute atomic E-state index is 0.819. The third-order valence-corrected chi connectivity index (χ3v) is 5.87. The summed E-state index contributed by atoms with van der Waals surface area (Å²) in [6, 6.07) is 9.57. The van der Waals surface area contributed by atoms with Gasteiger partial charge in [-0.3, -0.25) is 0 Å². The Kier molecular flexibility index (Phi) is 4.83. The second-order valence-corrected chi connectivity index (χ2v) is 7.36. The molecule has 0 radical (unpaired) electrons. The van der Waals surface area contributed by atoms with Gasteiger partial charge >= 0.3 is 0 Å². The number of benzene rings is 1. The van der Waals surface area contributed by atoms with E-state index in [-0.39, 0.29) is 0 Å². The highest BCUT2D eigenvalue weighted by Crippen LogP contribution is 2.37. The summed E-state index contributed by atoms with van der Waals surface area (Å²) in [4.78, 5) is 0. The molecule has 2 aliphatic carbocycles. The summed E-state index contributed by atoms with van der Waals surface area (Å²) < 4.78 is 0. The highest BCUT2D eigenvalue weighted by atomic mass is 14.2. The Hall–Kier alpha value is -1.04. The summed E-state index contributed by atoms with van der Waals surface area (Å²) in [7, 11) is 0. The predicted molar refractivity (Wildman–Crippen MR) is 92.4 cm³/mol. The first-order chi connectivity index (χ1) is 10.3. The average Bonchev–Trinajstić information content (AvgIpc) is 2.56. The molecule has 0 N–H and O–H groups in total. The maximum Gasteiger partial charge on any atom is -0.0162 e. The molecule has 0 aliphatic heterocycles. The zero-order valence-electron chi connectivity index (χ0n) is 13.8. The standard InChI is InChI=1S/C21H30/c1-3-17-6-10-19(11-7-17)21-14-12-20(13-15-21)18-8-4-16(2)5-9-18/h10,12-18H,3-9,11H2,1-2H3. The maximum atomic E-state index is 2.50. The van der Waals surface area contributed by atoms with Crippen LogP contribution in [0.15, 0.2) is 30.3 Å². The van der Waals surface area contributed by atoms with Gasteiger partial charge in [0.05, 0.1) is 0 Å². The summed E-state index contributed by atoms with van der Waals surface area (Å²) in [5, 5.41) is 0. The first kappa shape index (κ1) is 14.9. The third kappa shape index (κ3) is 3.59. The molecule has 1 saturated carbocycles. The fraction of sp³-hybridized carbons (Fsp3) is 0.619. The molecular weight excluding hydrogens is 252 g/mol. The lowest BCUT2D eigenvalue weighted by molar-refractivity contribution is 0.348. The van der Waals surface area contributed by atoms with Gasteiger partial charge in [-0.05, 0) is 66.6 Å². The first-order valence-electron chi connectivity index (χ1n) is 9.05. The summed E-state index contributed by atoms with van der Waals surface area (Å²) in [5.41, 5.74) is 4.63. The lowest BCUT2D eigenvalue weighted by Gasteiger charge is -2.27. The van der Waals surface area contributed by atoms with E-state index in [1.165, 1.54) is 56.9 Å². The van der Waals surface area contributed by atoms with Crippen LogP contribution in [0, 0.1) is 11.8 Å². The van der Waals surface area contributed by atoms with Gasteiger partial charge in [0, 0.05) is 0 Å². The van der Waals surface area contributed by atoms with Crippen molar-refractivity contribution in [3.8, 4) is 0 Å². The Morgan fingerprint density at radius 3 is 2.24 bits per heavy atom. The van der Waals surface area contributed by atoms with Gasteiger partial charge < -0.3 is 0 Å². The summed E-state index contributed by atoms with van der Waals surface area (Å²) in [6.45, 7) is 4.72. The topological polar surface area (TPSA) is 0 Å². The lowest BCUT2D eigenvalue weighted by Crippen LogP contribution is -2.10. The average molecular weight is 282 g/mol. The first-order valence-corrected chi connectivity index (χ1v) is 9.05. The molecule has 0 heteroatoms. The number of rotatable bonds is 3. The van der Waals surface area contributed by atoms with E-state index in [0.29, 0.717) is 0 Å². The molecule has 1 atom stereocenters. The van der Waals surface area contributed by atoms with Crippen molar-refractivity contribution < 1.29 is 0 Å². The fourth-order valence-corrected chi connectivity index (χ4v) is 4.08. The summed E-state index contributed by atoms with van der Waals surface area (Å²) in [5.74, 6) is 2.69. The van der Waals surface area contributed by atoms with Crippen molar-refractivity contribution in [3.05, 3.63) is 41.5 Å². The van der Waals surface area contributed by atoms with Crippen molar-refractivity contribution in [3.63, 3.8) is 0 Å². The van der Waals surface area contributed by atoms with Gasteiger partial charge in [0.15, 0.2) is 0 Å². The summed E-state index contributed by atoms with van der Waals surface area (Å²) >= 11 is 0. The van der Waals surface area contributed by atoms with Crippen molar-refractivity contribution >= 4 is 5.57 Å². The van der Waals surface area contributed by atoms with E-state index in [4.69, 9.17) is 0 Å². The van der Waals surface area contributed by atoms with E-state index in [0.717, 1.165) is 17.8 Å². The van der Waals surface area contributed by atoms with Crippen molar-refractivity contribution in [1.82, 2.24) is 0 Å². The van der Waals surface area contributed by atoms with Crippen LogP contribution in [0.1, 0.15) is 82.3 Å². The van der Waals surface area contributed by atoms with Crippen LogP contribution < -0.4 is 0 Å². The molecule has 0 heterocycles. The van der Waals surface area contributed by atoms with E-state index in [1.807, 2.05) is 0 Å². The van der Waals surface area contributed by atoms with Crippen LogP contribution in [0.4, 0.5) is 0 Å². The number of allylic oxidation sites excluding steroid dienone is 2. The van der Waals surface area contributed by atoms with E-state index in [2.05, 4.69) is 44.2 Å². The SMILES string of the molecule is CCC1CC=C(c2ccc(C3CCC(C)CC3)cc2)CC1. The molecule has 114 valence electrons. The van der Waals surface area contributed by atoms with E-state index < -0.39 is 0 Å². The smallest absolute Gasteiger partial charge is 0.0162 e. The Labute approximate surface area is 130 Å². The van der Waals surface area contributed by atoms with Gasteiger partial charge in [0.25, 0.3) is 0 Å². The van der Waals surface area contributed by atoms with Crippen LogP contribution in [-0.2, 0) is 0 Å². The summed E-state index contributed by atoms with van der Waals surface area (Å²) in [6.07, 6.45) is 13.4. The molecule has 0 saturated heterocycles. The Bertz CT molecular complexity index is 471. The van der Waals surface area contributed by atoms with Crippen molar-refractivity contribution in [1.29, 1.82) is 0 Å². The molecule has 0 nitrogen and oxygen atoms in total. The van der Waals surface area contributed by atoms with Crippen LogP contribution in [-0.4, -0.2) is 0 Å². The number of hydrogen-bond acceptors (Lipinski definition) is 0. The molecule has 0 aromatic heterocycles. The van der Waals surface area contributed by atoms with Gasteiger partial charge in [0.2, 0.25) is 0 Å². The highest BCUT2D eigenvalue weighted by Gasteiger charge is 2.20. The predicted octanol–water partition coefficient (Wildman–Crippen LogP) is 6.57. The zero-order chi connectivity index (χ0) is 14.7. The second-order valence-electron chi connectivity index (χ2n) is 7.36. The van der Waals surface area contributed by atoms with Crippen molar-refractivity contribution in [2.24, 2.45) is 11.8 Å². The minimum atomic E-state index is 0.819. The molecule has 21 heavy (non-hydrogen) atoms. The van der Waals surface area contributed by atoms with Crippen molar-refractivity contribution in [2.75, 3.05) is 0 Å². The molecular formula is C21H30. The molecule has 1 aromatic rings. The van der Waals surface area contributed by atoms with E-state index in [9.17, 15) is 0 Å². The zero-order valence-corrected chi connectivity index (χ0v) is 13.8. The maximum absolute atomic E-state index is 2.50. The van der Waals surface area contributed by atoms with Gasteiger partial charge in [-0.15, -0.1) is 0 Å². The fourth-order valence-electron chi connectivity index (χ4n) is 4.08. The Morgan fingerprint density at radius 1 is 0.952 bits per heavy atom. The van der Waals surface area contributed by atoms with Crippen molar-refractivity contribution in [2.45, 2.75) is 71.1 Å². The minimum Gasteiger partial charge on any atom is -0.0804 e. The van der Waals surface area contributed by atoms with Gasteiger partial charge in [-0.1, -0.05) is 63.5 Å². The number of hydrogen-bond donors (Lipinski definition) is 0. The van der Waals surface area contributed by atoms with Gasteiger partial charge in [0.1, 0.15) is 0 Å². The van der Waals surface area contributed by atoms with E-state index >= 15 is 0 Å². The quantitative estimate of drug-likeness (QED) is 0.588. The molecule has 1 aromatic carbocycles. The second kappa shape index (κ2) is 6.81. The molecule has 0 spiro atoms. The van der Waals surface area contributed by atoms with Crippen LogP contribution >= 0.6 is 0 Å². The van der Waals surface area contributed by atoms with Crippen LogP contribution in [0.25, 0.3) is 5.57 Å². The normalized spacial score (nSPS) is 30.0. The van der Waals surface area contributed by atoms with Gasteiger partial charge in [-0.2, -0.15) is 0 Å². The van der Waals surface area contributed by atoms with Crippen LogP contribution in [0.5, 0.6) is 0 Å². The van der Waals surface area contributed by atoms with Gasteiger partial charge in [-0.25, -0.2) is 0 Å². The molecule has 3 rings (SSSR count). The third-order valence-electron chi connectivity index (χ3n) is 5.87. The Balaban J connectivity index is 1.66. The molecule has 0 amide bonds. The monoisotopic (exact) mass is 282 g/mol. The molecule has 1 fully saturated rings. The van der Waals surface area contributed by atoms with Crippen LogP contribution in [0.3, 0.4) is 0 Å². The van der Waals surface area contributed by atoms with Crippen LogP contribution in [0.2, 0.25) is 0 Å². The molecule has 0 bridgehead atoms.